The van der Waals surface area contributed by atoms with Crippen molar-refractivity contribution in [2.75, 3.05) is 33.9 Å². The quantitative estimate of drug-likeness (QED) is 0.169. The molecule has 4 aliphatic rings. The summed E-state index contributed by atoms with van der Waals surface area (Å²) in [6.45, 7) is 7.17. The van der Waals surface area contributed by atoms with Crippen LogP contribution in [0.4, 0.5) is 0 Å². The smallest absolute Gasteiger partial charge is 0.245 e. The van der Waals surface area contributed by atoms with Crippen LogP contribution in [0, 0.1) is 0 Å². The highest BCUT2D eigenvalue weighted by molar-refractivity contribution is 5.97. The number of ether oxygens (including phenoxy) is 2. The maximum absolute atomic E-state index is 13.7. The van der Waals surface area contributed by atoms with Gasteiger partial charge in [-0.05, 0) is 69.0 Å². The van der Waals surface area contributed by atoms with Crippen molar-refractivity contribution in [2.24, 2.45) is 21.1 Å². The molecule has 2 amide bonds. The fraction of sp³-hybridized carbons (Fsp3) is 0.400. The summed E-state index contributed by atoms with van der Waals surface area (Å²) >= 11 is 0. The molecular weight excluding hydrogens is 861 g/mol. The predicted molar refractivity (Wildman–Crippen MR) is 255 cm³/mol. The zero-order valence-corrected chi connectivity index (χ0v) is 39.4. The molecule has 6 aromatic heterocycles. The summed E-state index contributed by atoms with van der Waals surface area (Å²) in [4.78, 5) is 41.4. The van der Waals surface area contributed by atoms with Crippen LogP contribution in [-0.2, 0) is 59.8 Å². The van der Waals surface area contributed by atoms with E-state index in [0.29, 0.717) is 45.9 Å². The lowest BCUT2D eigenvalue weighted by molar-refractivity contribution is -0.136. The van der Waals surface area contributed by atoms with E-state index in [9.17, 15) is 9.59 Å². The summed E-state index contributed by atoms with van der Waals surface area (Å²) in [6, 6.07) is 12.0. The molecule has 12 rings (SSSR count). The summed E-state index contributed by atoms with van der Waals surface area (Å²) in [5.74, 6) is 2.10. The molecule has 0 aliphatic carbocycles. The first kappa shape index (κ1) is 42.2. The second kappa shape index (κ2) is 16.0. The van der Waals surface area contributed by atoms with E-state index in [0.717, 1.165) is 108 Å². The minimum absolute atomic E-state index is 0.0460. The highest BCUT2D eigenvalue weighted by Crippen LogP contribution is 2.42. The fourth-order valence-electron chi connectivity index (χ4n) is 11.0. The first-order valence-electron chi connectivity index (χ1n) is 23.5. The Morgan fingerprint density at radius 1 is 0.662 bits per heavy atom. The lowest BCUT2D eigenvalue weighted by atomic mass is 9.98. The average Bonchev–Trinajstić information content (AvgIpc) is 4.22. The van der Waals surface area contributed by atoms with E-state index in [1.807, 2.05) is 83.2 Å². The molecule has 0 radical (unpaired) electrons. The third-order valence-corrected chi connectivity index (χ3v) is 14.5. The number of aryl methyl sites for hydroxylation is 3. The van der Waals surface area contributed by atoms with Crippen LogP contribution in [0.3, 0.4) is 0 Å². The van der Waals surface area contributed by atoms with E-state index in [4.69, 9.17) is 29.6 Å². The van der Waals surface area contributed by atoms with Crippen molar-refractivity contribution in [1.82, 2.24) is 68.0 Å². The Balaban J connectivity index is 0.931. The lowest BCUT2D eigenvalue weighted by Gasteiger charge is -2.32. The number of hydrogen-bond acceptors (Lipinski definition) is 10. The number of benzene rings is 2. The van der Waals surface area contributed by atoms with Gasteiger partial charge in [0.05, 0.1) is 78.5 Å². The Hall–Kier alpha value is -7.18. The second-order valence-corrected chi connectivity index (χ2v) is 19.0. The van der Waals surface area contributed by atoms with Gasteiger partial charge in [0.25, 0.3) is 0 Å². The summed E-state index contributed by atoms with van der Waals surface area (Å²) in [5.41, 5.74) is 12.2. The van der Waals surface area contributed by atoms with Gasteiger partial charge in [-0.1, -0.05) is 12.1 Å². The number of fused-ring (bicyclic) bond motifs is 4. The van der Waals surface area contributed by atoms with Crippen LogP contribution in [0.25, 0.3) is 72.4 Å². The van der Waals surface area contributed by atoms with E-state index in [1.54, 1.807) is 19.2 Å². The van der Waals surface area contributed by atoms with Gasteiger partial charge in [-0.2, -0.15) is 20.4 Å². The first-order chi connectivity index (χ1) is 32.9. The molecule has 68 heavy (non-hydrogen) atoms. The molecule has 2 aromatic carbocycles. The summed E-state index contributed by atoms with van der Waals surface area (Å²) in [5, 5.41) is 21.1. The number of rotatable bonds is 8. The topological polar surface area (TPSA) is 166 Å². The number of imidazole rings is 2. The SMILES string of the molecule is CC1C(=O)N(C)Cc2c(-c3ccc4c(c3)c(-c3cnn(C)c3)nn4C)nc(C3=CC(Cn4nc(-c5cnn(C)c5)c5cc(-c6nc(C7CCOCC7)n7c6CN(C)C(=O)C7C)ccc54)OCC3)n21. The van der Waals surface area contributed by atoms with E-state index >= 15 is 0 Å². The number of carbonyl (C=O) groups is 2. The largest absolute Gasteiger partial charge is 0.381 e. The highest BCUT2D eigenvalue weighted by atomic mass is 16.5. The number of hydrogen-bond donors (Lipinski definition) is 0. The van der Waals surface area contributed by atoms with Crippen LogP contribution >= 0.6 is 0 Å². The van der Waals surface area contributed by atoms with Gasteiger partial charge in [0.1, 0.15) is 35.1 Å². The van der Waals surface area contributed by atoms with Gasteiger partial charge >= 0.3 is 0 Å². The van der Waals surface area contributed by atoms with Crippen LogP contribution < -0.4 is 0 Å². The molecule has 0 spiro atoms. The zero-order valence-electron chi connectivity index (χ0n) is 39.4. The van der Waals surface area contributed by atoms with Crippen LogP contribution in [0.5, 0.6) is 0 Å². The van der Waals surface area contributed by atoms with Crippen LogP contribution in [0.2, 0.25) is 0 Å². The molecule has 18 nitrogen and oxygen atoms in total. The molecule has 0 N–H and O–H groups in total. The van der Waals surface area contributed by atoms with Crippen LogP contribution in [0.1, 0.15) is 74.1 Å². The summed E-state index contributed by atoms with van der Waals surface area (Å²) in [7, 11) is 9.50. The Labute approximate surface area is 392 Å². The second-order valence-electron chi connectivity index (χ2n) is 19.0. The molecular formula is C50H54N14O4. The highest BCUT2D eigenvalue weighted by Gasteiger charge is 2.37. The molecule has 0 saturated carbocycles. The predicted octanol–water partition coefficient (Wildman–Crippen LogP) is 6.28. The minimum atomic E-state index is -0.445. The van der Waals surface area contributed by atoms with Crippen molar-refractivity contribution < 1.29 is 19.1 Å². The molecule has 4 aliphatic heterocycles. The number of nitrogens with zero attached hydrogens (tertiary/aromatic N) is 14. The van der Waals surface area contributed by atoms with Crippen molar-refractivity contribution in [2.45, 2.75) is 76.8 Å². The fourth-order valence-corrected chi connectivity index (χ4v) is 11.0. The van der Waals surface area contributed by atoms with Gasteiger partial charge in [-0.3, -0.25) is 28.3 Å². The van der Waals surface area contributed by atoms with Crippen molar-refractivity contribution in [3.63, 3.8) is 0 Å². The average molecular weight is 915 g/mol. The van der Waals surface area contributed by atoms with Gasteiger partial charge in [-0.15, -0.1) is 0 Å². The van der Waals surface area contributed by atoms with Gasteiger partial charge < -0.3 is 28.4 Å². The Kier molecular flexibility index (Phi) is 9.91. The van der Waals surface area contributed by atoms with Crippen molar-refractivity contribution in [1.29, 1.82) is 0 Å². The summed E-state index contributed by atoms with van der Waals surface area (Å²) < 4.78 is 24.1. The summed E-state index contributed by atoms with van der Waals surface area (Å²) in [6.07, 6.45) is 11.9. The van der Waals surface area contributed by atoms with E-state index < -0.39 is 6.04 Å². The van der Waals surface area contributed by atoms with Gasteiger partial charge in [-0.25, -0.2) is 9.97 Å². The van der Waals surface area contributed by atoms with Crippen molar-refractivity contribution >= 4 is 39.2 Å². The Morgan fingerprint density at radius 2 is 1.25 bits per heavy atom. The standard InChI is InChI=1S/C50H54N14O4/c1-28-49(65)57(3)26-41-45(53-47(63(28)41)30-12-15-67-16-13-30)32-9-11-40-38(20-32)44(35-22-52-60(6)24-35)56-62(40)25-36-18-33(14-17-68-36)48-54-46(42-27-58(4)50(66)29(2)64(42)48)31-8-10-39-37(19-31)43(55-61(39)7)34-21-51-59(5)23-34/h8-11,18-24,28-30,36H,12-17,25-27H2,1-7H3. The molecule has 10 heterocycles. The van der Waals surface area contributed by atoms with Crippen molar-refractivity contribution in [3.8, 4) is 45.0 Å². The molecule has 18 heteroatoms. The number of likely N-dealkylation sites (N-methyl/N-ethyl adjacent to an activating group) is 2. The molecule has 348 valence electrons. The van der Waals surface area contributed by atoms with E-state index in [2.05, 4.69) is 61.8 Å². The van der Waals surface area contributed by atoms with E-state index in [1.165, 1.54) is 0 Å². The minimum Gasteiger partial charge on any atom is -0.381 e. The third-order valence-electron chi connectivity index (χ3n) is 14.5. The molecule has 1 fully saturated rings. The van der Waals surface area contributed by atoms with Gasteiger partial charge in [0, 0.05) is 99.8 Å². The maximum Gasteiger partial charge on any atom is 0.245 e. The lowest BCUT2D eigenvalue weighted by Crippen LogP contribution is -2.40. The monoisotopic (exact) mass is 914 g/mol. The zero-order chi connectivity index (χ0) is 46.7. The first-order valence-corrected chi connectivity index (χ1v) is 23.5. The normalized spacial score (nSPS) is 20.2. The molecule has 3 unspecified atom stereocenters. The molecule has 1 saturated heterocycles. The van der Waals surface area contributed by atoms with Gasteiger partial charge in [0.2, 0.25) is 11.8 Å². The Morgan fingerprint density at radius 3 is 1.90 bits per heavy atom. The molecule has 3 atom stereocenters. The van der Waals surface area contributed by atoms with E-state index in [-0.39, 0.29) is 29.9 Å². The van der Waals surface area contributed by atoms with Crippen molar-refractivity contribution in [3.05, 3.63) is 90.3 Å². The van der Waals surface area contributed by atoms with Gasteiger partial charge in [0.15, 0.2) is 0 Å². The number of aromatic nitrogens is 12. The number of carbonyl (C=O) groups excluding carboxylic acids is 2. The molecule has 8 aromatic rings. The number of amides is 2. The van der Waals surface area contributed by atoms with Crippen LogP contribution in [0.15, 0.2) is 67.3 Å². The van der Waals surface area contributed by atoms with Crippen LogP contribution in [-0.4, -0.2) is 120 Å². The maximum atomic E-state index is 13.7. The molecule has 0 bridgehead atoms. The third kappa shape index (κ3) is 6.74. The Bertz CT molecular complexity index is 3370.